The first-order valence-corrected chi connectivity index (χ1v) is 11.0. The van der Waals surface area contributed by atoms with E-state index in [1.165, 1.54) is 47.8 Å². The van der Waals surface area contributed by atoms with Crippen LogP contribution < -0.4 is 0 Å². The Morgan fingerprint density at radius 2 is 1.43 bits per heavy atom. The van der Waals surface area contributed by atoms with Gasteiger partial charge < -0.3 is 9.47 Å². The summed E-state index contributed by atoms with van der Waals surface area (Å²) in [4.78, 5) is 24.0. The van der Waals surface area contributed by atoms with Crippen LogP contribution in [0.15, 0.2) is 55.1 Å². The number of carbonyl (C=O) groups excluding carboxylic acids is 2. The van der Waals surface area contributed by atoms with Crippen LogP contribution in [0.2, 0.25) is 0 Å². The number of aryl methyl sites for hydroxylation is 1. The summed E-state index contributed by atoms with van der Waals surface area (Å²) >= 11 is 2.92. The van der Waals surface area contributed by atoms with Crippen molar-refractivity contribution in [2.45, 2.75) is 13.3 Å². The summed E-state index contributed by atoms with van der Waals surface area (Å²) in [7, 11) is 2.80. The SMILES string of the molecule is C=Cc1cccc2sc(C(=O)OC)cc12.CCc1cccc2sc(C(=O)OC)cc12. The Morgan fingerprint density at radius 3 is 1.97 bits per heavy atom. The Labute approximate surface area is 183 Å². The number of hydrogen-bond donors (Lipinski definition) is 0. The normalized spacial score (nSPS) is 10.4. The minimum absolute atomic E-state index is 0.252. The predicted molar refractivity (Wildman–Crippen MR) is 126 cm³/mol. The molecular weight excluding hydrogens is 416 g/mol. The highest BCUT2D eigenvalue weighted by Gasteiger charge is 2.12. The summed E-state index contributed by atoms with van der Waals surface area (Å²) in [6.45, 7) is 5.86. The number of fused-ring (bicyclic) bond motifs is 2. The fourth-order valence-electron chi connectivity index (χ4n) is 3.09. The summed E-state index contributed by atoms with van der Waals surface area (Å²) in [5, 5.41) is 2.23. The highest BCUT2D eigenvalue weighted by Crippen LogP contribution is 2.30. The minimum atomic E-state index is -0.286. The number of hydrogen-bond acceptors (Lipinski definition) is 6. The molecule has 0 aliphatic heterocycles. The molecule has 2 heterocycles. The zero-order valence-electron chi connectivity index (χ0n) is 17.1. The number of thiophene rings is 2. The van der Waals surface area contributed by atoms with Gasteiger partial charge in [0, 0.05) is 14.8 Å². The molecule has 0 aliphatic rings. The third-order valence-corrected chi connectivity index (χ3v) is 6.78. The number of methoxy groups -OCH3 is 2. The molecule has 0 spiro atoms. The van der Waals surface area contributed by atoms with Crippen molar-refractivity contribution in [3.8, 4) is 0 Å². The quantitative estimate of drug-likeness (QED) is 0.338. The molecule has 0 amide bonds. The summed E-state index contributed by atoms with van der Waals surface area (Å²) in [6.07, 6.45) is 2.77. The molecular formula is C24H22O4S2. The second kappa shape index (κ2) is 9.69. The van der Waals surface area contributed by atoms with Gasteiger partial charge in [0.1, 0.15) is 9.75 Å². The second-order valence-corrected chi connectivity index (χ2v) is 8.52. The van der Waals surface area contributed by atoms with E-state index in [-0.39, 0.29) is 11.9 Å². The number of benzene rings is 2. The molecule has 0 unspecified atom stereocenters. The van der Waals surface area contributed by atoms with Gasteiger partial charge in [-0.3, -0.25) is 0 Å². The Kier molecular flexibility index (Phi) is 7.03. The summed E-state index contributed by atoms with van der Waals surface area (Å²) in [6, 6.07) is 15.8. The molecule has 0 N–H and O–H groups in total. The van der Waals surface area contributed by atoms with E-state index in [2.05, 4.69) is 24.3 Å². The van der Waals surface area contributed by atoms with Crippen molar-refractivity contribution in [1.82, 2.24) is 0 Å². The van der Waals surface area contributed by atoms with Crippen molar-refractivity contribution in [2.24, 2.45) is 0 Å². The van der Waals surface area contributed by atoms with E-state index in [1.807, 2.05) is 42.5 Å². The predicted octanol–water partition coefficient (Wildman–Crippen LogP) is 6.58. The Hall–Kier alpha value is -2.96. The van der Waals surface area contributed by atoms with E-state index >= 15 is 0 Å². The molecule has 30 heavy (non-hydrogen) atoms. The van der Waals surface area contributed by atoms with Gasteiger partial charge in [0.25, 0.3) is 0 Å². The van der Waals surface area contributed by atoms with Gasteiger partial charge in [-0.1, -0.05) is 43.8 Å². The second-order valence-electron chi connectivity index (χ2n) is 6.35. The summed E-state index contributed by atoms with van der Waals surface area (Å²) in [5.74, 6) is -0.538. The Bertz CT molecular complexity index is 1220. The van der Waals surface area contributed by atoms with Gasteiger partial charge in [0.2, 0.25) is 0 Å². The molecule has 4 aromatic rings. The van der Waals surface area contributed by atoms with E-state index in [0.29, 0.717) is 9.75 Å². The maximum Gasteiger partial charge on any atom is 0.348 e. The van der Waals surface area contributed by atoms with E-state index in [1.54, 1.807) is 6.08 Å². The third-order valence-electron chi connectivity index (χ3n) is 4.62. The first-order chi connectivity index (χ1) is 14.5. The lowest BCUT2D eigenvalue weighted by Gasteiger charge is -1.96. The van der Waals surface area contributed by atoms with Gasteiger partial charge in [-0.15, -0.1) is 22.7 Å². The van der Waals surface area contributed by atoms with Crippen LogP contribution in [0.1, 0.15) is 37.4 Å². The van der Waals surface area contributed by atoms with Crippen LogP contribution in [0.3, 0.4) is 0 Å². The topological polar surface area (TPSA) is 52.6 Å². The van der Waals surface area contributed by atoms with E-state index in [4.69, 9.17) is 4.74 Å². The smallest absolute Gasteiger partial charge is 0.348 e. The Balaban J connectivity index is 0.000000171. The van der Waals surface area contributed by atoms with Gasteiger partial charge in [0.05, 0.1) is 14.2 Å². The van der Waals surface area contributed by atoms with E-state index in [0.717, 1.165) is 26.8 Å². The molecule has 2 aromatic carbocycles. The van der Waals surface area contributed by atoms with Crippen molar-refractivity contribution >= 4 is 60.9 Å². The highest BCUT2D eigenvalue weighted by atomic mass is 32.1. The minimum Gasteiger partial charge on any atom is -0.465 e. The van der Waals surface area contributed by atoms with Gasteiger partial charge in [-0.25, -0.2) is 9.59 Å². The van der Waals surface area contributed by atoms with Crippen molar-refractivity contribution < 1.29 is 19.1 Å². The third kappa shape index (κ3) is 4.45. The standard InChI is InChI=1S/C12H12O2S.C12H10O2S/c2*1-3-8-5-4-6-10-9(8)7-11(15-10)12(13)14-2/h4-7H,3H2,1-2H3;3-7H,1H2,2H3. The molecule has 0 bridgehead atoms. The highest BCUT2D eigenvalue weighted by molar-refractivity contribution is 7.21. The monoisotopic (exact) mass is 438 g/mol. The van der Waals surface area contributed by atoms with Gasteiger partial charge in [-0.2, -0.15) is 0 Å². The van der Waals surface area contributed by atoms with Gasteiger partial charge in [-0.05, 0) is 47.2 Å². The summed E-state index contributed by atoms with van der Waals surface area (Å²) in [5.41, 5.74) is 2.32. The van der Waals surface area contributed by atoms with Crippen LogP contribution >= 0.6 is 22.7 Å². The van der Waals surface area contributed by atoms with Crippen LogP contribution in [0.25, 0.3) is 26.2 Å². The lowest BCUT2D eigenvalue weighted by molar-refractivity contribution is 0.0597. The van der Waals surface area contributed by atoms with Gasteiger partial charge in [0.15, 0.2) is 0 Å². The number of carbonyl (C=O) groups is 2. The van der Waals surface area contributed by atoms with Crippen molar-refractivity contribution in [3.05, 3.63) is 76.0 Å². The number of rotatable bonds is 4. The molecule has 0 saturated carbocycles. The first kappa shape index (κ1) is 21.7. The lowest BCUT2D eigenvalue weighted by atomic mass is 10.1. The molecule has 154 valence electrons. The van der Waals surface area contributed by atoms with Crippen LogP contribution in [-0.2, 0) is 15.9 Å². The van der Waals surface area contributed by atoms with E-state index in [9.17, 15) is 9.59 Å². The van der Waals surface area contributed by atoms with Crippen molar-refractivity contribution in [2.75, 3.05) is 14.2 Å². The van der Waals surface area contributed by atoms with E-state index < -0.39 is 0 Å². The fraction of sp³-hybridized carbons (Fsp3) is 0.167. The maximum absolute atomic E-state index is 11.4. The average Bonchev–Trinajstić information content (AvgIpc) is 3.42. The van der Waals surface area contributed by atoms with Crippen LogP contribution in [0, 0.1) is 0 Å². The molecule has 4 rings (SSSR count). The molecule has 6 heteroatoms. The molecule has 0 saturated heterocycles. The molecule has 2 aromatic heterocycles. The first-order valence-electron chi connectivity index (χ1n) is 9.35. The lowest BCUT2D eigenvalue weighted by Crippen LogP contribution is -1.96. The van der Waals surface area contributed by atoms with Crippen LogP contribution in [0.5, 0.6) is 0 Å². The number of ether oxygens (including phenoxy) is 2. The maximum atomic E-state index is 11.4. The van der Waals surface area contributed by atoms with Gasteiger partial charge >= 0.3 is 11.9 Å². The fourth-order valence-corrected chi connectivity index (χ4v) is 5.13. The molecule has 4 nitrogen and oxygen atoms in total. The van der Waals surface area contributed by atoms with Crippen molar-refractivity contribution in [1.29, 1.82) is 0 Å². The number of esters is 2. The average molecular weight is 439 g/mol. The van der Waals surface area contributed by atoms with Crippen LogP contribution in [-0.4, -0.2) is 26.2 Å². The van der Waals surface area contributed by atoms with Crippen molar-refractivity contribution in [3.63, 3.8) is 0 Å². The zero-order chi connectivity index (χ0) is 21.7. The Morgan fingerprint density at radius 1 is 0.900 bits per heavy atom. The molecule has 0 fully saturated rings. The zero-order valence-corrected chi connectivity index (χ0v) is 18.7. The summed E-state index contributed by atoms with van der Waals surface area (Å²) < 4.78 is 11.6. The van der Waals surface area contributed by atoms with Crippen LogP contribution in [0.4, 0.5) is 0 Å². The molecule has 0 aliphatic carbocycles. The largest absolute Gasteiger partial charge is 0.465 e. The molecule has 0 atom stereocenters. The molecule has 0 radical (unpaired) electrons.